The molecular weight excluding hydrogens is 220 g/mol. The molecule has 4 heteroatoms. The molecule has 0 aromatic heterocycles. The molecule has 0 rings (SSSR count). The topological polar surface area (TPSA) is 52.6 Å². The van der Waals surface area contributed by atoms with Gasteiger partial charge in [-0.1, -0.05) is 20.1 Å². The highest BCUT2D eigenvalue weighted by molar-refractivity contribution is 5.87. The van der Waals surface area contributed by atoms with Crippen molar-refractivity contribution in [2.45, 2.75) is 40.2 Å². The molecule has 0 saturated heterocycles. The van der Waals surface area contributed by atoms with Crippen LogP contribution in [0, 0.1) is 0 Å². The van der Waals surface area contributed by atoms with E-state index in [1.165, 1.54) is 0 Å². The second-order valence-corrected chi connectivity index (χ2v) is 3.61. The first-order valence-corrected chi connectivity index (χ1v) is 5.50. The van der Waals surface area contributed by atoms with E-state index >= 15 is 0 Å². The van der Waals surface area contributed by atoms with E-state index in [-0.39, 0.29) is 18.0 Å². The van der Waals surface area contributed by atoms with E-state index in [0.29, 0.717) is 12.2 Å². The smallest absolute Gasteiger partial charge is 0.333 e. The maximum Gasteiger partial charge on any atom is 0.333 e. The van der Waals surface area contributed by atoms with Gasteiger partial charge in [0.2, 0.25) is 0 Å². The summed E-state index contributed by atoms with van der Waals surface area (Å²) in [5.41, 5.74) is 0.448. The molecule has 0 aliphatic carbocycles. The van der Waals surface area contributed by atoms with Gasteiger partial charge in [-0.3, -0.25) is 0 Å². The van der Waals surface area contributed by atoms with Crippen molar-refractivity contribution in [1.82, 2.24) is 0 Å². The molecule has 0 aromatic rings. The van der Waals surface area contributed by atoms with Crippen LogP contribution in [0.5, 0.6) is 0 Å². The predicted octanol–water partition coefficient (Wildman–Crippen LogP) is 2.64. The number of hydrogen-bond acceptors (Lipinski definition) is 4. The van der Waals surface area contributed by atoms with Crippen LogP contribution in [-0.2, 0) is 19.1 Å². The molecule has 17 heavy (non-hydrogen) atoms. The van der Waals surface area contributed by atoms with Crippen molar-refractivity contribution < 1.29 is 19.1 Å². The van der Waals surface area contributed by atoms with Crippen LogP contribution >= 0.6 is 0 Å². The van der Waals surface area contributed by atoms with Crippen molar-refractivity contribution in [3.05, 3.63) is 24.8 Å². The van der Waals surface area contributed by atoms with Gasteiger partial charge in [-0.15, -0.1) is 0 Å². The molecule has 0 atom stereocenters. The molecule has 98 valence electrons. The molecule has 0 bridgehead atoms. The molecular formula is C13H22O4. The summed E-state index contributed by atoms with van der Waals surface area (Å²) in [4.78, 5) is 20.9. The number of esters is 2. The molecule has 0 N–H and O–H groups in total. The average Bonchev–Trinajstić information content (AvgIpc) is 2.25. The number of carbonyl (C=O) groups is 2. The summed E-state index contributed by atoms with van der Waals surface area (Å²) in [7, 11) is 0. The molecule has 0 aliphatic heterocycles. The lowest BCUT2D eigenvalue weighted by Crippen LogP contribution is -2.11. The first-order chi connectivity index (χ1) is 7.84. The van der Waals surface area contributed by atoms with Gasteiger partial charge in [0.05, 0.1) is 12.7 Å². The summed E-state index contributed by atoms with van der Waals surface area (Å²) in [6.07, 6.45) is 1.98. The van der Waals surface area contributed by atoms with E-state index in [1.807, 2.05) is 6.92 Å². The zero-order valence-corrected chi connectivity index (χ0v) is 11.1. The van der Waals surface area contributed by atoms with Crippen molar-refractivity contribution in [2.24, 2.45) is 0 Å². The molecule has 0 radical (unpaired) electrons. The Bertz CT molecular complexity index is 267. The molecule has 0 saturated carbocycles. The van der Waals surface area contributed by atoms with E-state index < -0.39 is 0 Å². The van der Waals surface area contributed by atoms with Crippen molar-refractivity contribution in [3.8, 4) is 0 Å². The van der Waals surface area contributed by atoms with Gasteiger partial charge in [0, 0.05) is 11.6 Å². The Labute approximate surface area is 103 Å². The van der Waals surface area contributed by atoms with Crippen LogP contribution in [0.1, 0.15) is 34.1 Å². The van der Waals surface area contributed by atoms with Crippen LogP contribution < -0.4 is 0 Å². The fourth-order valence-electron chi connectivity index (χ4n) is 0.576. The first kappa shape index (κ1) is 17.8. The van der Waals surface area contributed by atoms with Gasteiger partial charge < -0.3 is 9.47 Å². The number of ether oxygens (including phenoxy) is 2. The van der Waals surface area contributed by atoms with E-state index in [2.05, 4.69) is 17.9 Å². The quantitative estimate of drug-likeness (QED) is 0.549. The Morgan fingerprint density at radius 3 is 2.12 bits per heavy atom. The Morgan fingerprint density at radius 1 is 1.35 bits per heavy atom. The number of carbonyl (C=O) groups excluding carboxylic acids is 2. The van der Waals surface area contributed by atoms with Gasteiger partial charge >= 0.3 is 11.9 Å². The fourth-order valence-corrected chi connectivity index (χ4v) is 0.576. The van der Waals surface area contributed by atoms with Crippen LogP contribution in [-0.4, -0.2) is 24.6 Å². The standard InChI is InChI=1S/C7H12O2.C6H10O2/c1-5(2)7(8)9-6(3)4;1-3-5-8-6(7)4-2/h6H,1H2,2-4H3;4H,2-3,5H2,1H3. The van der Waals surface area contributed by atoms with Gasteiger partial charge in [0.15, 0.2) is 0 Å². The molecule has 0 unspecified atom stereocenters. The Balaban J connectivity index is 0. The Hall–Kier alpha value is -1.58. The van der Waals surface area contributed by atoms with E-state index in [4.69, 9.17) is 4.74 Å². The first-order valence-electron chi connectivity index (χ1n) is 5.50. The van der Waals surface area contributed by atoms with Crippen LogP contribution in [0.3, 0.4) is 0 Å². The van der Waals surface area contributed by atoms with Crippen molar-refractivity contribution in [3.63, 3.8) is 0 Å². The minimum Gasteiger partial charge on any atom is -0.463 e. The predicted molar refractivity (Wildman–Crippen MR) is 67.5 cm³/mol. The average molecular weight is 242 g/mol. The second-order valence-electron chi connectivity index (χ2n) is 3.61. The molecule has 0 amide bonds. The summed E-state index contributed by atoms with van der Waals surface area (Å²) in [6, 6.07) is 0. The van der Waals surface area contributed by atoms with E-state index in [1.54, 1.807) is 20.8 Å². The molecule has 0 fully saturated rings. The molecule has 4 nitrogen and oxygen atoms in total. The molecule has 0 aromatic carbocycles. The zero-order valence-electron chi connectivity index (χ0n) is 11.1. The lowest BCUT2D eigenvalue weighted by atomic mass is 10.3. The van der Waals surface area contributed by atoms with Gasteiger partial charge in [0.1, 0.15) is 0 Å². The minimum atomic E-state index is -0.341. The summed E-state index contributed by atoms with van der Waals surface area (Å²) < 4.78 is 9.36. The van der Waals surface area contributed by atoms with Crippen molar-refractivity contribution in [2.75, 3.05) is 6.61 Å². The highest BCUT2D eigenvalue weighted by atomic mass is 16.5. The lowest BCUT2D eigenvalue weighted by molar-refractivity contribution is -0.142. The summed E-state index contributed by atoms with van der Waals surface area (Å²) >= 11 is 0. The van der Waals surface area contributed by atoms with E-state index in [9.17, 15) is 9.59 Å². The SMILES string of the molecule is C=C(C)C(=O)OC(C)C.C=CC(=O)OCCC. The third-order valence-corrected chi connectivity index (χ3v) is 1.31. The van der Waals surface area contributed by atoms with Gasteiger partial charge in [-0.2, -0.15) is 0 Å². The third-order valence-electron chi connectivity index (χ3n) is 1.31. The highest BCUT2D eigenvalue weighted by Crippen LogP contribution is 1.95. The monoisotopic (exact) mass is 242 g/mol. The zero-order chi connectivity index (χ0) is 13.8. The van der Waals surface area contributed by atoms with Crippen LogP contribution in [0.25, 0.3) is 0 Å². The lowest BCUT2D eigenvalue weighted by Gasteiger charge is -2.05. The minimum absolute atomic E-state index is 0.0470. The molecule has 0 heterocycles. The highest BCUT2D eigenvalue weighted by Gasteiger charge is 2.03. The van der Waals surface area contributed by atoms with E-state index in [0.717, 1.165) is 12.5 Å². The maximum absolute atomic E-state index is 10.6. The van der Waals surface area contributed by atoms with Crippen molar-refractivity contribution in [1.29, 1.82) is 0 Å². The van der Waals surface area contributed by atoms with Crippen LogP contribution in [0.4, 0.5) is 0 Å². The normalized spacial score (nSPS) is 8.76. The second kappa shape index (κ2) is 10.9. The molecule has 0 spiro atoms. The summed E-state index contributed by atoms with van der Waals surface area (Å²) in [6.45, 7) is 14.3. The fraction of sp³-hybridized carbons (Fsp3) is 0.538. The third kappa shape index (κ3) is 14.4. The van der Waals surface area contributed by atoms with Gasteiger partial charge in [0.25, 0.3) is 0 Å². The Kier molecular flexibility index (Phi) is 11.4. The largest absolute Gasteiger partial charge is 0.463 e. The summed E-state index contributed by atoms with van der Waals surface area (Å²) in [5, 5.41) is 0. The Morgan fingerprint density at radius 2 is 1.88 bits per heavy atom. The number of hydrogen-bond donors (Lipinski definition) is 0. The van der Waals surface area contributed by atoms with Crippen LogP contribution in [0.15, 0.2) is 24.8 Å². The number of rotatable bonds is 5. The van der Waals surface area contributed by atoms with Crippen molar-refractivity contribution >= 4 is 11.9 Å². The van der Waals surface area contributed by atoms with Gasteiger partial charge in [-0.25, -0.2) is 9.59 Å². The van der Waals surface area contributed by atoms with Crippen LogP contribution in [0.2, 0.25) is 0 Å². The summed E-state index contributed by atoms with van der Waals surface area (Å²) in [5.74, 6) is -0.656. The molecule has 0 aliphatic rings. The van der Waals surface area contributed by atoms with Gasteiger partial charge in [-0.05, 0) is 27.2 Å². The maximum atomic E-state index is 10.6.